The summed E-state index contributed by atoms with van der Waals surface area (Å²) in [6.45, 7) is 2.49. The molecule has 1 fully saturated rings. The van der Waals surface area contributed by atoms with Crippen LogP contribution in [0.15, 0.2) is 24.3 Å². The monoisotopic (exact) mass is 339 g/mol. The summed E-state index contributed by atoms with van der Waals surface area (Å²) in [5, 5.41) is 10.2. The predicted molar refractivity (Wildman–Crippen MR) is 79.9 cm³/mol. The molecule has 0 radical (unpaired) electrons. The van der Waals surface area contributed by atoms with Gasteiger partial charge < -0.3 is 10.0 Å². The summed E-state index contributed by atoms with van der Waals surface area (Å²) in [6.07, 6.45) is 0.792. The van der Waals surface area contributed by atoms with Crippen LogP contribution >= 0.6 is 15.9 Å². The zero-order valence-electron chi connectivity index (χ0n) is 11.4. The minimum absolute atomic E-state index is 0.0606. The molecule has 1 heterocycles. The molecule has 0 saturated carbocycles. The lowest BCUT2D eigenvalue weighted by molar-refractivity contribution is -0.148. The molecule has 1 aromatic carbocycles. The summed E-state index contributed by atoms with van der Waals surface area (Å²) in [5.74, 6) is -0.786. The van der Waals surface area contributed by atoms with Crippen molar-refractivity contribution >= 4 is 27.8 Å². The molecule has 2 rings (SSSR count). The number of carbonyl (C=O) groups is 2. The van der Waals surface area contributed by atoms with E-state index in [0.29, 0.717) is 19.4 Å². The molecule has 0 bridgehead atoms. The van der Waals surface area contributed by atoms with Gasteiger partial charge in [-0.05, 0) is 18.4 Å². The first-order chi connectivity index (χ1) is 9.51. The van der Waals surface area contributed by atoms with Crippen molar-refractivity contribution < 1.29 is 14.7 Å². The van der Waals surface area contributed by atoms with Gasteiger partial charge in [-0.15, -0.1) is 0 Å². The van der Waals surface area contributed by atoms with Crippen molar-refractivity contribution in [2.24, 2.45) is 5.92 Å². The van der Waals surface area contributed by atoms with Gasteiger partial charge in [-0.2, -0.15) is 0 Å². The topological polar surface area (TPSA) is 57.6 Å². The van der Waals surface area contributed by atoms with Gasteiger partial charge in [-0.3, -0.25) is 4.79 Å². The third-order valence-electron chi connectivity index (χ3n) is 3.63. The lowest BCUT2D eigenvalue weighted by atomic mass is 10.0. The number of rotatable bonds is 5. The van der Waals surface area contributed by atoms with Crippen LogP contribution in [-0.2, 0) is 16.0 Å². The van der Waals surface area contributed by atoms with Crippen LogP contribution < -0.4 is 0 Å². The van der Waals surface area contributed by atoms with Crippen LogP contribution in [0.2, 0.25) is 0 Å². The highest BCUT2D eigenvalue weighted by Gasteiger charge is 2.37. The Bertz CT molecular complexity index is 518. The van der Waals surface area contributed by atoms with E-state index in [0.717, 1.165) is 16.5 Å². The van der Waals surface area contributed by atoms with Crippen molar-refractivity contribution in [3.05, 3.63) is 35.4 Å². The highest BCUT2D eigenvalue weighted by Crippen LogP contribution is 2.23. The number of aliphatic carboxylic acids is 1. The fourth-order valence-electron chi connectivity index (χ4n) is 2.61. The third kappa shape index (κ3) is 3.39. The lowest BCUT2D eigenvalue weighted by Crippen LogP contribution is -2.43. The van der Waals surface area contributed by atoms with Gasteiger partial charge >= 0.3 is 5.97 Å². The van der Waals surface area contributed by atoms with E-state index < -0.39 is 12.0 Å². The molecule has 0 aromatic heterocycles. The molecule has 2 atom stereocenters. The van der Waals surface area contributed by atoms with Gasteiger partial charge in [-0.25, -0.2) is 4.79 Å². The quantitative estimate of drug-likeness (QED) is 0.837. The molecule has 1 unspecified atom stereocenters. The van der Waals surface area contributed by atoms with Gasteiger partial charge in [0.2, 0.25) is 5.91 Å². The van der Waals surface area contributed by atoms with Gasteiger partial charge in [-0.1, -0.05) is 45.8 Å². The van der Waals surface area contributed by atoms with Crippen LogP contribution in [0.25, 0.3) is 0 Å². The second-order valence-corrected chi connectivity index (χ2v) is 5.97. The molecule has 1 aliphatic heterocycles. The number of alkyl halides is 1. The molecule has 1 N–H and O–H groups in total. The van der Waals surface area contributed by atoms with E-state index in [9.17, 15) is 14.7 Å². The molecule has 5 heteroatoms. The summed E-state index contributed by atoms with van der Waals surface area (Å²) < 4.78 is 0. The number of carbonyl (C=O) groups excluding carboxylic acids is 1. The maximum atomic E-state index is 12.0. The standard InChI is InChI=1S/C15H18BrNO3/c1-10-3-2-4-11(5-10)6-13(15(19)20)17-9-12(8-16)7-14(17)18/h2-5,12-13H,6-9H2,1H3,(H,19,20)/t12?,13-/m0/s1. The van der Waals surface area contributed by atoms with E-state index in [4.69, 9.17) is 0 Å². The fourth-order valence-corrected chi connectivity index (χ4v) is 3.04. The highest BCUT2D eigenvalue weighted by molar-refractivity contribution is 9.09. The van der Waals surface area contributed by atoms with Gasteiger partial charge in [0.15, 0.2) is 0 Å². The van der Waals surface area contributed by atoms with Crippen LogP contribution in [-0.4, -0.2) is 39.8 Å². The van der Waals surface area contributed by atoms with Gasteiger partial charge in [0.1, 0.15) is 6.04 Å². The van der Waals surface area contributed by atoms with E-state index in [2.05, 4.69) is 15.9 Å². The smallest absolute Gasteiger partial charge is 0.326 e. The highest BCUT2D eigenvalue weighted by atomic mass is 79.9. The average Bonchev–Trinajstić information content (AvgIpc) is 2.77. The van der Waals surface area contributed by atoms with Crippen molar-refractivity contribution in [1.82, 2.24) is 4.90 Å². The first-order valence-electron chi connectivity index (χ1n) is 6.65. The van der Waals surface area contributed by atoms with Crippen LogP contribution in [0, 0.1) is 12.8 Å². The van der Waals surface area contributed by atoms with Crippen LogP contribution in [0.1, 0.15) is 17.5 Å². The van der Waals surface area contributed by atoms with Gasteiger partial charge in [0.05, 0.1) is 0 Å². The molecule has 0 aliphatic carbocycles. The largest absolute Gasteiger partial charge is 0.480 e. The maximum Gasteiger partial charge on any atom is 0.326 e. The summed E-state index contributed by atoms with van der Waals surface area (Å²) in [7, 11) is 0. The number of aryl methyl sites for hydroxylation is 1. The summed E-state index contributed by atoms with van der Waals surface area (Å²) in [5.41, 5.74) is 2.05. The number of hydrogen-bond donors (Lipinski definition) is 1. The average molecular weight is 340 g/mol. The number of hydrogen-bond acceptors (Lipinski definition) is 2. The zero-order chi connectivity index (χ0) is 14.7. The molecule has 0 spiro atoms. The lowest BCUT2D eigenvalue weighted by Gasteiger charge is -2.25. The number of carboxylic acid groups (broad SMARTS) is 1. The Hall–Kier alpha value is -1.36. The molecule has 1 amide bonds. The van der Waals surface area contributed by atoms with Crippen molar-refractivity contribution in [3.63, 3.8) is 0 Å². The number of benzene rings is 1. The molecule has 1 saturated heterocycles. The van der Waals surface area contributed by atoms with Gasteiger partial charge in [0, 0.05) is 24.7 Å². The van der Waals surface area contributed by atoms with Crippen molar-refractivity contribution in [2.75, 3.05) is 11.9 Å². The van der Waals surface area contributed by atoms with E-state index in [1.165, 1.54) is 4.90 Å². The van der Waals surface area contributed by atoms with E-state index in [1.54, 1.807) is 0 Å². The second-order valence-electron chi connectivity index (χ2n) is 5.32. The molecule has 1 aliphatic rings. The van der Waals surface area contributed by atoms with Crippen LogP contribution in [0.3, 0.4) is 0 Å². The van der Waals surface area contributed by atoms with Gasteiger partial charge in [0.25, 0.3) is 0 Å². The van der Waals surface area contributed by atoms with E-state index >= 15 is 0 Å². The normalized spacial score (nSPS) is 20.2. The Balaban J connectivity index is 2.16. The minimum Gasteiger partial charge on any atom is -0.480 e. The van der Waals surface area contributed by atoms with E-state index in [1.807, 2.05) is 31.2 Å². The fraction of sp³-hybridized carbons (Fsp3) is 0.467. The van der Waals surface area contributed by atoms with Crippen LogP contribution in [0.4, 0.5) is 0 Å². The molecular weight excluding hydrogens is 322 g/mol. The Morgan fingerprint density at radius 2 is 2.30 bits per heavy atom. The van der Waals surface area contributed by atoms with E-state index in [-0.39, 0.29) is 11.8 Å². The Morgan fingerprint density at radius 3 is 2.85 bits per heavy atom. The van der Waals surface area contributed by atoms with Crippen molar-refractivity contribution in [2.45, 2.75) is 25.8 Å². The molecule has 20 heavy (non-hydrogen) atoms. The second kappa shape index (κ2) is 6.39. The Kier molecular flexibility index (Phi) is 4.81. The predicted octanol–water partition coefficient (Wildman–Crippen LogP) is 2.23. The molecular formula is C15H18BrNO3. The number of amides is 1. The first-order valence-corrected chi connectivity index (χ1v) is 7.77. The number of likely N-dealkylation sites (tertiary alicyclic amines) is 1. The third-order valence-corrected chi connectivity index (χ3v) is 4.55. The number of nitrogens with zero attached hydrogens (tertiary/aromatic N) is 1. The summed E-state index contributed by atoms with van der Waals surface area (Å²) in [6, 6.07) is 7.00. The van der Waals surface area contributed by atoms with Crippen LogP contribution in [0.5, 0.6) is 0 Å². The molecule has 108 valence electrons. The van der Waals surface area contributed by atoms with Crippen molar-refractivity contribution in [3.8, 4) is 0 Å². The minimum atomic E-state index is -0.935. The van der Waals surface area contributed by atoms with Crippen molar-refractivity contribution in [1.29, 1.82) is 0 Å². The maximum absolute atomic E-state index is 12.0. The molecule has 4 nitrogen and oxygen atoms in total. The Labute approximate surface area is 126 Å². The molecule has 1 aromatic rings. The number of halogens is 1. The first kappa shape index (κ1) is 15.0. The SMILES string of the molecule is Cc1cccc(C[C@@H](C(=O)O)N2CC(CBr)CC2=O)c1. The number of carboxylic acids is 1. The Morgan fingerprint density at radius 1 is 1.55 bits per heavy atom. The summed E-state index contributed by atoms with van der Waals surface area (Å²) >= 11 is 3.37. The zero-order valence-corrected chi connectivity index (χ0v) is 13.0. The summed E-state index contributed by atoms with van der Waals surface area (Å²) in [4.78, 5) is 25.0.